The van der Waals surface area contributed by atoms with Crippen molar-refractivity contribution in [2.75, 3.05) is 19.6 Å². The van der Waals surface area contributed by atoms with Crippen molar-refractivity contribution in [2.24, 2.45) is 0 Å². The van der Waals surface area contributed by atoms with Crippen molar-refractivity contribution in [1.29, 1.82) is 0 Å². The molecule has 1 aromatic carbocycles. The molecule has 4 nitrogen and oxygen atoms in total. The summed E-state index contributed by atoms with van der Waals surface area (Å²) in [5, 5.41) is 2.67. The number of aryl methyl sites for hydroxylation is 2. The van der Waals surface area contributed by atoms with Crippen molar-refractivity contribution in [3.63, 3.8) is 0 Å². The van der Waals surface area contributed by atoms with Gasteiger partial charge in [0, 0.05) is 18.7 Å². The van der Waals surface area contributed by atoms with Gasteiger partial charge in [-0.3, -0.25) is 9.59 Å². The van der Waals surface area contributed by atoms with Gasteiger partial charge in [-0.05, 0) is 39.8 Å². The van der Waals surface area contributed by atoms with E-state index < -0.39 is 0 Å². The predicted molar refractivity (Wildman–Crippen MR) is 76.2 cm³/mol. The molecule has 0 spiro atoms. The minimum Gasteiger partial charge on any atom is -0.343 e. The first-order valence-electron chi connectivity index (χ1n) is 6.62. The minimum absolute atomic E-state index is 0.0491. The average molecular weight is 262 g/mol. The summed E-state index contributed by atoms with van der Waals surface area (Å²) >= 11 is 0. The van der Waals surface area contributed by atoms with E-state index in [-0.39, 0.29) is 18.4 Å². The molecule has 0 aliphatic carbocycles. The third-order valence-corrected chi connectivity index (χ3v) is 3.00. The molecule has 0 saturated heterocycles. The Labute approximate surface area is 114 Å². The maximum Gasteiger partial charge on any atom is 0.251 e. The number of likely N-dealkylation sites (N-methyl/N-ethyl adjacent to an activating group) is 1. The second-order valence-corrected chi connectivity index (χ2v) is 4.63. The summed E-state index contributed by atoms with van der Waals surface area (Å²) in [5.41, 5.74) is 2.69. The van der Waals surface area contributed by atoms with Crippen molar-refractivity contribution < 1.29 is 9.59 Å². The molecule has 4 heteroatoms. The van der Waals surface area contributed by atoms with Crippen LogP contribution in [0.3, 0.4) is 0 Å². The highest BCUT2D eigenvalue weighted by Crippen LogP contribution is 2.08. The Kier molecular flexibility index (Phi) is 5.55. The zero-order valence-electron chi connectivity index (χ0n) is 12.1. The van der Waals surface area contributed by atoms with Crippen LogP contribution in [0.15, 0.2) is 18.2 Å². The van der Waals surface area contributed by atoms with Gasteiger partial charge in [0.2, 0.25) is 5.91 Å². The van der Waals surface area contributed by atoms with Crippen molar-refractivity contribution in [3.8, 4) is 0 Å². The number of nitrogens with zero attached hydrogens (tertiary/aromatic N) is 1. The lowest BCUT2D eigenvalue weighted by atomic mass is 10.1. The molecule has 1 N–H and O–H groups in total. The van der Waals surface area contributed by atoms with Crippen molar-refractivity contribution >= 4 is 11.8 Å². The van der Waals surface area contributed by atoms with Crippen LogP contribution in [-0.2, 0) is 4.79 Å². The predicted octanol–water partition coefficient (Wildman–Crippen LogP) is 1.90. The van der Waals surface area contributed by atoms with Gasteiger partial charge >= 0.3 is 0 Å². The molecule has 0 atom stereocenters. The number of hydrogen-bond donors (Lipinski definition) is 1. The summed E-state index contributed by atoms with van der Waals surface area (Å²) in [5.74, 6) is -0.255. The lowest BCUT2D eigenvalue weighted by molar-refractivity contribution is -0.129. The zero-order chi connectivity index (χ0) is 14.4. The van der Waals surface area contributed by atoms with Crippen LogP contribution in [0, 0.1) is 13.8 Å². The molecule has 0 aliphatic rings. The van der Waals surface area contributed by atoms with E-state index in [4.69, 9.17) is 0 Å². The average Bonchev–Trinajstić information content (AvgIpc) is 2.36. The van der Waals surface area contributed by atoms with E-state index in [0.717, 1.165) is 11.1 Å². The van der Waals surface area contributed by atoms with E-state index >= 15 is 0 Å². The number of hydrogen-bond acceptors (Lipinski definition) is 2. The first-order chi connectivity index (χ1) is 8.97. The van der Waals surface area contributed by atoms with Crippen LogP contribution in [0.4, 0.5) is 0 Å². The molecule has 0 heterocycles. The number of benzene rings is 1. The van der Waals surface area contributed by atoms with E-state index in [1.165, 1.54) is 0 Å². The van der Waals surface area contributed by atoms with Gasteiger partial charge in [0.1, 0.15) is 0 Å². The molecule has 0 aromatic heterocycles. The molecule has 1 rings (SSSR count). The Morgan fingerprint density at radius 2 is 1.58 bits per heavy atom. The van der Waals surface area contributed by atoms with E-state index in [0.29, 0.717) is 18.7 Å². The van der Waals surface area contributed by atoms with Gasteiger partial charge in [0.05, 0.1) is 6.54 Å². The van der Waals surface area contributed by atoms with Gasteiger partial charge in [0.15, 0.2) is 0 Å². The third kappa shape index (κ3) is 4.39. The molecule has 1 aromatic rings. The van der Waals surface area contributed by atoms with Crippen LogP contribution in [0.1, 0.15) is 35.3 Å². The monoisotopic (exact) mass is 262 g/mol. The minimum atomic E-state index is -0.202. The summed E-state index contributed by atoms with van der Waals surface area (Å²) < 4.78 is 0. The normalized spacial score (nSPS) is 10.1. The summed E-state index contributed by atoms with van der Waals surface area (Å²) in [4.78, 5) is 25.5. The Balaban J connectivity index is 2.63. The first-order valence-corrected chi connectivity index (χ1v) is 6.62. The molecule has 104 valence electrons. The maximum absolute atomic E-state index is 12.0. The number of carbonyl (C=O) groups excluding carboxylic acids is 2. The molecule has 0 radical (unpaired) electrons. The van der Waals surface area contributed by atoms with Gasteiger partial charge in [-0.25, -0.2) is 0 Å². The van der Waals surface area contributed by atoms with Crippen LogP contribution in [0.25, 0.3) is 0 Å². The topological polar surface area (TPSA) is 49.4 Å². The zero-order valence-corrected chi connectivity index (χ0v) is 12.1. The summed E-state index contributed by atoms with van der Waals surface area (Å²) in [6.07, 6.45) is 0. The molecular weight excluding hydrogens is 240 g/mol. The van der Waals surface area contributed by atoms with Crippen molar-refractivity contribution in [2.45, 2.75) is 27.7 Å². The van der Waals surface area contributed by atoms with Gasteiger partial charge in [-0.1, -0.05) is 17.2 Å². The van der Waals surface area contributed by atoms with Crippen LogP contribution in [0.5, 0.6) is 0 Å². The van der Waals surface area contributed by atoms with E-state index in [1.807, 2.05) is 45.9 Å². The third-order valence-electron chi connectivity index (χ3n) is 3.00. The smallest absolute Gasteiger partial charge is 0.251 e. The van der Waals surface area contributed by atoms with Crippen LogP contribution < -0.4 is 5.32 Å². The molecule has 19 heavy (non-hydrogen) atoms. The Bertz CT molecular complexity index is 445. The standard InChI is InChI=1S/C15H22N2O2/c1-5-17(6-2)14(18)10-16-15(19)13-8-11(3)7-12(4)9-13/h7-9H,5-6,10H2,1-4H3,(H,16,19). The number of amides is 2. The van der Waals surface area contributed by atoms with Crippen molar-refractivity contribution in [3.05, 3.63) is 34.9 Å². The summed E-state index contributed by atoms with van der Waals surface area (Å²) in [6, 6.07) is 5.66. The van der Waals surface area contributed by atoms with Crippen LogP contribution in [0.2, 0.25) is 0 Å². The Morgan fingerprint density at radius 3 is 2.05 bits per heavy atom. The Hall–Kier alpha value is -1.84. The summed E-state index contributed by atoms with van der Waals surface area (Å²) in [6.45, 7) is 9.12. The van der Waals surface area contributed by atoms with Gasteiger partial charge < -0.3 is 10.2 Å². The van der Waals surface area contributed by atoms with E-state index in [9.17, 15) is 9.59 Å². The van der Waals surface area contributed by atoms with Gasteiger partial charge in [-0.15, -0.1) is 0 Å². The van der Waals surface area contributed by atoms with E-state index in [1.54, 1.807) is 4.90 Å². The van der Waals surface area contributed by atoms with Gasteiger partial charge in [0.25, 0.3) is 5.91 Å². The molecule has 0 aliphatic heterocycles. The second kappa shape index (κ2) is 6.92. The molecule has 0 saturated carbocycles. The van der Waals surface area contributed by atoms with Crippen LogP contribution >= 0.6 is 0 Å². The first kappa shape index (κ1) is 15.2. The molecule has 0 bridgehead atoms. The largest absolute Gasteiger partial charge is 0.343 e. The Morgan fingerprint density at radius 1 is 1.05 bits per heavy atom. The van der Waals surface area contributed by atoms with Gasteiger partial charge in [-0.2, -0.15) is 0 Å². The fourth-order valence-electron chi connectivity index (χ4n) is 2.05. The fraction of sp³-hybridized carbons (Fsp3) is 0.467. The molecule has 0 fully saturated rings. The van der Waals surface area contributed by atoms with Crippen LogP contribution in [-0.4, -0.2) is 36.3 Å². The molecular formula is C15H22N2O2. The number of rotatable bonds is 5. The quantitative estimate of drug-likeness (QED) is 0.881. The second-order valence-electron chi connectivity index (χ2n) is 4.63. The lowest BCUT2D eigenvalue weighted by Crippen LogP contribution is -2.40. The number of nitrogens with one attached hydrogen (secondary N) is 1. The molecule has 0 unspecified atom stereocenters. The number of carbonyl (C=O) groups is 2. The lowest BCUT2D eigenvalue weighted by Gasteiger charge is -2.18. The summed E-state index contributed by atoms with van der Waals surface area (Å²) in [7, 11) is 0. The maximum atomic E-state index is 12.0. The van der Waals surface area contributed by atoms with E-state index in [2.05, 4.69) is 5.32 Å². The molecule has 2 amide bonds. The van der Waals surface area contributed by atoms with Crippen molar-refractivity contribution in [1.82, 2.24) is 10.2 Å². The fourth-order valence-corrected chi connectivity index (χ4v) is 2.05. The SMILES string of the molecule is CCN(CC)C(=O)CNC(=O)c1cc(C)cc(C)c1. The highest BCUT2D eigenvalue weighted by molar-refractivity contribution is 5.96. The highest BCUT2D eigenvalue weighted by atomic mass is 16.2. The highest BCUT2D eigenvalue weighted by Gasteiger charge is 2.12.